The summed E-state index contributed by atoms with van der Waals surface area (Å²) in [6.07, 6.45) is 5.05. The number of halogens is 1. The molecule has 9 rings (SSSR count). The number of aromatic nitrogens is 3. The van der Waals surface area contributed by atoms with Gasteiger partial charge in [0.1, 0.15) is 5.75 Å². The van der Waals surface area contributed by atoms with Crippen LogP contribution < -0.4 is 19.7 Å². The van der Waals surface area contributed by atoms with Crippen molar-refractivity contribution in [3.63, 3.8) is 0 Å². The van der Waals surface area contributed by atoms with E-state index in [-0.39, 0.29) is 59.4 Å². The van der Waals surface area contributed by atoms with E-state index in [0.717, 1.165) is 41.9 Å². The summed E-state index contributed by atoms with van der Waals surface area (Å²) in [5.41, 5.74) is 2.32. The van der Waals surface area contributed by atoms with Gasteiger partial charge in [-0.15, -0.1) is 0 Å². The van der Waals surface area contributed by atoms with Crippen LogP contribution in [0.2, 0.25) is 0 Å². The van der Waals surface area contributed by atoms with Gasteiger partial charge in [-0.1, -0.05) is 29.5 Å². The normalized spacial score (nSPS) is 23.5. The number of benzene rings is 2. The average molecular weight is 754 g/mol. The number of nitrogens with one attached hydrogen (secondary N) is 2. The fourth-order valence-electron chi connectivity index (χ4n) is 8.39. The molecule has 268 valence electrons. The molecule has 1 aliphatic carbocycles. The van der Waals surface area contributed by atoms with Crippen molar-refractivity contribution in [3.8, 4) is 27.6 Å². The molecule has 2 bridgehead atoms. The van der Waals surface area contributed by atoms with Crippen LogP contribution in [0.15, 0.2) is 48.7 Å². The largest absolute Gasteiger partial charge is 0.496 e. The van der Waals surface area contributed by atoms with Gasteiger partial charge in [0.25, 0.3) is 0 Å². The smallest absolute Gasteiger partial charge is 0.302 e. The Balaban J connectivity index is 1.03. The van der Waals surface area contributed by atoms with Crippen molar-refractivity contribution in [3.05, 3.63) is 65.6 Å². The maximum absolute atomic E-state index is 16.6. The number of thiazole rings is 1. The Hall–Kier alpha value is -3.90. The molecule has 51 heavy (non-hydrogen) atoms. The van der Waals surface area contributed by atoms with Crippen LogP contribution in [0, 0.1) is 11.2 Å². The number of nitrogens with zero attached hydrogens (tertiary/aromatic N) is 5. The molecule has 17 heteroatoms. The van der Waals surface area contributed by atoms with Gasteiger partial charge in [0.15, 0.2) is 20.8 Å². The molecule has 2 N–H and O–H groups in total. The summed E-state index contributed by atoms with van der Waals surface area (Å²) < 4.78 is 82.4. The molecule has 4 aliphatic heterocycles. The highest BCUT2D eigenvalue weighted by atomic mass is 32.2. The van der Waals surface area contributed by atoms with Crippen molar-refractivity contribution in [1.82, 2.24) is 19.3 Å². The minimum Gasteiger partial charge on any atom is -0.496 e. The zero-order valence-corrected chi connectivity index (χ0v) is 30.2. The molecule has 2 atom stereocenters. The molecular weight excluding hydrogens is 718 g/mol. The molecule has 0 amide bonds. The number of hydrogen-bond acceptors (Lipinski definition) is 12. The third-order valence-corrected chi connectivity index (χ3v) is 15.3. The van der Waals surface area contributed by atoms with E-state index in [1.807, 2.05) is 12.1 Å². The summed E-state index contributed by atoms with van der Waals surface area (Å²) in [6.45, 7) is 1.41. The highest BCUT2D eigenvalue weighted by molar-refractivity contribution is 7.92. The summed E-state index contributed by atoms with van der Waals surface area (Å²) >= 11 is 1.41. The zero-order valence-electron chi connectivity index (χ0n) is 27.7. The molecule has 6 heterocycles. The van der Waals surface area contributed by atoms with Crippen molar-refractivity contribution in [2.75, 3.05) is 46.8 Å². The summed E-state index contributed by atoms with van der Waals surface area (Å²) in [6, 6.07) is 12.2. The molecule has 1 spiro atoms. The molecule has 4 fully saturated rings. The summed E-state index contributed by atoms with van der Waals surface area (Å²) in [5, 5.41) is 4.08. The Bertz CT molecular complexity index is 2230. The van der Waals surface area contributed by atoms with Crippen molar-refractivity contribution >= 4 is 48.2 Å². The average Bonchev–Trinajstić information content (AvgIpc) is 3.78. The molecule has 0 radical (unpaired) electrons. The third-order valence-electron chi connectivity index (χ3n) is 10.7. The molecule has 4 aromatic rings. The first-order chi connectivity index (χ1) is 24.5. The van der Waals surface area contributed by atoms with Crippen molar-refractivity contribution < 1.29 is 30.7 Å². The highest BCUT2D eigenvalue weighted by Gasteiger charge is 2.56. The number of ether oxygens (including phenoxy) is 2. The van der Waals surface area contributed by atoms with Gasteiger partial charge in [-0.3, -0.25) is 4.72 Å². The van der Waals surface area contributed by atoms with Crippen molar-refractivity contribution in [1.29, 1.82) is 0 Å². The Kier molecular flexibility index (Phi) is 7.81. The predicted molar refractivity (Wildman–Crippen MR) is 191 cm³/mol. The lowest BCUT2D eigenvalue weighted by Crippen LogP contribution is -2.60. The summed E-state index contributed by atoms with van der Waals surface area (Å²) in [4.78, 5) is 17.2. The molecule has 2 aromatic carbocycles. The third kappa shape index (κ3) is 5.82. The van der Waals surface area contributed by atoms with E-state index in [1.54, 1.807) is 37.6 Å². The molecule has 2 aromatic heterocycles. The quantitative estimate of drug-likeness (QED) is 0.249. The van der Waals surface area contributed by atoms with Crippen LogP contribution >= 0.6 is 11.3 Å². The van der Waals surface area contributed by atoms with Crippen LogP contribution in [0.3, 0.4) is 0 Å². The fourth-order valence-corrected chi connectivity index (χ4v) is 13.0. The first kappa shape index (κ1) is 33.0. The lowest BCUT2D eigenvalue weighted by molar-refractivity contribution is 0.0906. The number of fused-ring (bicyclic) bond motifs is 3. The van der Waals surface area contributed by atoms with Crippen LogP contribution in [-0.4, -0.2) is 86.0 Å². The Morgan fingerprint density at radius 2 is 1.80 bits per heavy atom. The van der Waals surface area contributed by atoms with Gasteiger partial charge < -0.3 is 19.7 Å². The molecule has 1 saturated carbocycles. The highest BCUT2D eigenvalue weighted by Crippen LogP contribution is 2.51. The lowest BCUT2D eigenvalue weighted by Gasteiger charge is -2.53. The zero-order chi connectivity index (χ0) is 35.1. The number of methoxy groups -OCH3 is 1. The van der Waals surface area contributed by atoms with Gasteiger partial charge in [0.2, 0.25) is 5.95 Å². The number of anilines is 3. The van der Waals surface area contributed by atoms with Gasteiger partial charge >= 0.3 is 10.2 Å². The maximum Gasteiger partial charge on any atom is 0.302 e. The number of morpholine rings is 1. The van der Waals surface area contributed by atoms with Gasteiger partial charge in [-0.2, -0.15) is 12.7 Å². The predicted octanol–water partition coefficient (Wildman–Crippen LogP) is 4.44. The van der Waals surface area contributed by atoms with E-state index in [9.17, 15) is 16.8 Å². The van der Waals surface area contributed by atoms with Gasteiger partial charge in [0, 0.05) is 41.9 Å². The number of hydrogen-bond donors (Lipinski definition) is 2. The second-order valence-electron chi connectivity index (χ2n) is 14.2. The molecular formula is C34H36FN7O6S3. The van der Waals surface area contributed by atoms with Gasteiger partial charge in [-0.05, 0) is 55.5 Å². The fraction of sp³-hybridized carbons (Fsp3) is 0.441. The summed E-state index contributed by atoms with van der Waals surface area (Å²) in [5.74, 6) is 0.716. The van der Waals surface area contributed by atoms with E-state index in [1.165, 1.54) is 21.7 Å². The Morgan fingerprint density at radius 3 is 2.55 bits per heavy atom. The molecule has 3 saturated heterocycles. The topological polar surface area (TPSA) is 156 Å². The van der Waals surface area contributed by atoms with Crippen LogP contribution in [-0.2, 0) is 37.9 Å². The lowest BCUT2D eigenvalue weighted by atomic mass is 9.67. The van der Waals surface area contributed by atoms with E-state index < -0.39 is 25.9 Å². The number of sulfone groups is 1. The van der Waals surface area contributed by atoms with Crippen LogP contribution in [0.25, 0.3) is 21.8 Å². The maximum atomic E-state index is 16.6. The Morgan fingerprint density at radius 1 is 1.04 bits per heavy atom. The standard InChI is InChI=1S/C34H36FN7O6S3/c1-47-28-7-2-4-20-14-41(15-25(20)28)51(45,46)40-26-6-3-5-24(29(26)35)30-31(49-33(39-30)42-22-8-9-23(42)17-48-16-22)27-10-11-36-32(38-27)37-21-12-34(13-21)18-50(43,44)19-34/h2-7,10-11,21-23,40H,8-9,12-19H2,1H3,(H,36,37,38). The number of rotatable bonds is 9. The SMILES string of the molecule is COc1cccc2c1CN(S(=O)(=O)Nc1cccc(-c3nc(N4C5CCC4COC5)sc3-c3ccnc(NC4CC5(C4)CS(=O)(=O)C5)n3)c1F)C2. The first-order valence-electron chi connectivity index (χ1n) is 16.9. The van der Waals surface area contributed by atoms with E-state index in [0.29, 0.717) is 41.2 Å². The van der Waals surface area contributed by atoms with Crippen molar-refractivity contribution in [2.24, 2.45) is 5.41 Å². The minimum atomic E-state index is -4.15. The van der Waals surface area contributed by atoms with Crippen molar-refractivity contribution in [2.45, 2.75) is 56.9 Å². The second-order valence-corrected chi connectivity index (χ2v) is 18.9. The van der Waals surface area contributed by atoms with Gasteiger partial charge in [0.05, 0.1) is 65.9 Å². The van der Waals surface area contributed by atoms with Crippen LogP contribution in [0.5, 0.6) is 5.75 Å². The van der Waals surface area contributed by atoms with E-state index >= 15 is 4.39 Å². The van der Waals surface area contributed by atoms with E-state index in [4.69, 9.17) is 19.4 Å². The minimum absolute atomic E-state index is 0.0582. The monoisotopic (exact) mass is 753 g/mol. The van der Waals surface area contributed by atoms with Gasteiger partial charge in [-0.25, -0.2) is 27.8 Å². The van der Waals surface area contributed by atoms with Crippen LogP contribution in [0.1, 0.15) is 36.8 Å². The Labute approximate surface area is 299 Å². The second kappa shape index (κ2) is 12.1. The molecule has 5 aliphatic rings. The molecule has 2 unspecified atom stereocenters. The summed E-state index contributed by atoms with van der Waals surface area (Å²) in [7, 11) is -5.52. The molecule has 13 nitrogen and oxygen atoms in total. The van der Waals surface area contributed by atoms with Crippen LogP contribution in [0.4, 0.5) is 21.2 Å². The first-order valence-corrected chi connectivity index (χ1v) is 21.0. The van der Waals surface area contributed by atoms with E-state index in [2.05, 4.69) is 19.9 Å².